The molecule has 0 spiro atoms. The van der Waals surface area contributed by atoms with Crippen LogP contribution in [0.1, 0.15) is 81.4 Å². The van der Waals surface area contributed by atoms with Gasteiger partial charge in [-0.1, -0.05) is 0 Å². The van der Waals surface area contributed by atoms with Gasteiger partial charge in [0.1, 0.15) is 0 Å². The normalized spacial score (nSPS) is 14.4. The summed E-state index contributed by atoms with van der Waals surface area (Å²) in [5.74, 6) is -21.3. The Balaban J connectivity index is 0.000000435. The lowest BCUT2D eigenvalue weighted by Crippen LogP contribution is -2.57. The molecule has 0 aliphatic heterocycles. The summed E-state index contributed by atoms with van der Waals surface area (Å²) in [6.45, 7) is 0. The Bertz CT molecular complexity index is 1180. The molecule has 1 aromatic carbocycles. The maximum Gasteiger partial charge on any atom is 0.337 e. The standard InChI is InChI=1S/C12H6O12.C9H10O8/c13-7(14)1-2(8(15)16)4(10(19)20)6(12(23)24)5(11(21)22)3(1)9(17)18;10-4(11)8(5(12)13)2-1-3-9(8,6(14)15)7(16)17/h(H,13,14)(H,15,16)(H,17,18)(H,19,20)(H,21,22)(H,23,24);1-3H2,(H,10,11)(H,12,13)(H,14,15)(H,16,17). The fourth-order valence-electron chi connectivity index (χ4n) is 4.42. The minimum atomic E-state index is -2.81. The fourth-order valence-corrected chi connectivity index (χ4v) is 4.42. The quantitative estimate of drug-likeness (QED) is 0.152. The molecule has 0 atom stereocenters. The van der Waals surface area contributed by atoms with E-state index >= 15 is 0 Å². The van der Waals surface area contributed by atoms with Crippen molar-refractivity contribution in [2.75, 3.05) is 0 Å². The number of carboxylic acids is 10. The second-order valence-electron chi connectivity index (χ2n) is 7.97. The minimum absolute atomic E-state index is 0.0861. The number of benzene rings is 1. The molecule has 0 aromatic heterocycles. The molecule has 1 saturated carbocycles. The van der Waals surface area contributed by atoms with E-state index in [4.69, 9.17) is 51.1 Å². The van der Waals surface area contributed by atoms with Crippen molar-refractivity contribution >= 4 is 59.7 Å². The first-order valence-corrected chi connectivity index (χ1v) is 10.2. The van der Waals surface area contributed by atoms with Gasteiger partial charge in [-0.2, -0.15) is 0 Å². The molecule has 2 rings (SSSR count). The second-order valence-corrected chi connectivity index (χ2v) is 7.97. The van der Waals surface area contributed by atoms with Crippen LogP contribution in [0, 0.1) is 10.8 Å². The average Bonchev–Trinajstić information content (AvgIpc) is 3.25. The van der Waals surface area contributed by atoms with E-state index in [1.807, 2.05) is 0 Å². The first-order valence-electron chi connectivity index (χ1n) is 10.2. The minimum Gasteiger partial charge on any atom is -0.480 e. The van der Waals surface area contributed by atoms with Crippen molar-refractivity contribution in [2.24, 2.45) is 10.8 Å². The molecule has 0 unspecified atom stereocenters. The summed E-state index contributed by atoms with van der Waals surface area (Å²) in [6.07, 6.45) is -1.12. The summed E-state index contributed by atoms with van der Waals surface area (Å²) in [5, 5.41) is 90.0. The number of hydrogen-bond acceptors (Lipinski definition) is 10. The molecule has 0 heterocycles. The summed E-state index contributed by atoms with van der Waals surface area (Å²) >= 11 is 0. The van der Waals surface area contributed by atoms with Crippen molar-refractivity contribution < 1.29 is 99.0 Å². The van der Waals surface area contributed by atoms with Gasteiger partial charge in [0.2, 0.25) is 0 Å². The molecule has 0 amide bonds. The van der Waals surface area contributed by atoms with Crippen LogP contribution in [-0.2, 0) is 19.2 Å². The third-order valence-electron chi connectivity index (χ3n) is 6.08. The van der Waals surface area contributed by atoms with E-state index < -0.39 is 117 Å². The van der Waals surface area contributed by atoms with Gasteiger partial charge in [0, 0.05) is 0 Å². The third kappa shape index (κ3) is 5.03. The van der Waals surface area contributed by atoms with Crippen LogP contribution in [-0.4, -0.2) is 111 Å². The molecule has 20 nitrogen and oxygen atoms in total. The molecule has 20 heteroatoms. The smallest absolute Gasteiger partial charge is 0.337 e. The fraction of sp³-hybridized carbons (Fsp3) is 0.238. The molecule has 1 aliphatic rings. The second kappa shape index (κ2) is 11.3. The Labute approximate surface area is 222 Å². The molecule has 10 N–H and O–H groups in total. The number of aromatic carboxylic acids is 6. The third-order valence-corrected chi connectivity index (χ3v) is 6.08. The monoisotopic (exact) mass is 588 g/mol. The Hall–Kier alpha value is -6.08. The summed E-state index contributed by atoms with van der Waals surface area (Å²) in [6, 6.07) is 0. The molecule has 1 fully saturated rings. The van der Waals surface area contributed by atoms with Crippen molar-refractivity contribution in [1.82, 2.24) is 0 Å². The summed E-state index contributed by atoms with van der Waals surface area (Å²) < 4.78 is 0. The summed E-state index contributed by atoms with van der Waals surface area (Å²) in [5.41, 5.74) is -15.6. The number of carbonyl (C=O) groups is 10. The first-order chi connectivity index (χ1) is 18.7. The van der Waals surface area contributed by atoms with E-state index in [-0.39, 0.29) is 6.42 Å². The molecule has 0 saturated heterocycles. The van der Waals surface area contributed by atoms with Gasteiger partial charge in [-0.3, -0.25) is 19.2 Å². The summed E-state index contributed by atoms with van der Waals surface area (Å²) in [7, 11) is 0. The van der Waals surface area contributed by atoms with Gasteiger partial charge < -0.3 is 51.1 Å². The van der Waals surface area contributed by atoms with Crippen LogP contribution in [0.5, 0.6) is 0 Å². The van der Waals surface area contributed by atoms with Crippen LogP contribution in [0.15, 0.2) is 0 Å². The van der Waals surface area contributed by atoms with Crippen LogP contribution in [0.2, 0.25) is 0 Å². The van der Waals surface area contributed by atoms with Crippen LogP contribution in [0.3, 0.4) is 0 Å². The Kier molecular flexibility index (Phi) is 9.12. The lowest BCUT2D eigenvalue weighted by molar-refractivity contribution is -0.191. The van der Waals surface area contributed by atoms with Crippen molar-refractivity contribution in [1.29, 1.82) is 0 Å². The zero-order valence-corrected chi connectivity index (χ0v) is 19.7. The zero-order valence-electron chi connectivity index (χ0n) is 19.7. The van der Waals surface area contributed by atoms with E-state index in [9.17, 15) is 47.9 Å². The first kappa shape index (κ1) is 32.9. The Morgan fingerprint density at radius 2 is 0.488 bits per heavy atom. The van der Waals surface area contributed by atoms with Gasteiger partial charge >= 0.3 is 59.7 Å². The van der Waals surface area contributed by atoms with Crippen LogP contribution in [0.4, 0.5) is 0 Å². The number of rotatable bonds is 10. The van der Waals surface area contributed by atoms with E-state index in [0.29, 0.717) is 0 Å². The zero-order chi connectivity index (χ0) is 32.4. The number of aliphatic carboxylic acids is 4. The van der Waals surface area contributed by atoms with E-state index in [0.717, 1.165) is 0 Å². The highest BCUT2D eigenvalue weighted by Crippen LogP contribution is 2.54. The highest BCUT2D eigenvalue weighted by molar-refractivity contribution is 6.23. The molecule has 0 bridgehead atoms. The van der Waals surface area contributed by atoms with E-state index in [1.165, 1.54) is 0 Å². The summed E-state index contributed by atoms with van der Waals surface area (Å²) in [4.78, 5) is 112. The van der Waals surface area contributed by atoms with E-state index in [2.05, 4.69) is 0 Å². The lowest BCUT2D eigenvalue weighted by Gasteiger charge is -2.32. The topological polar surface area (TPSA) is 373 Å². The van der Waals surface area contributed by atoms with Gasteiger partial charge in [-0.15, -0.1) is 0 Å². The lowest BCUT2D eigenvalue weighted by atomic mass is 9.65. The molecule has 1 aliphatic carbocycles. The Morgan fingerprint density at radius 3 is 0.585 bits per heavy atom. The highest BCUT2D eigenvalue weighted by atomic mass is 16.4. The number of carboxylic acid groups (broad SMARTS) is 10. The van der Waals surface area contributed by atoms with Gasteiger partial charge in [0.25, 0.3) is 0 Å². The maximum atomic E-state index is 11.2. The van der Waals surface area contributed by atoms with Gasteiger partial charge in [-0.05, 0) is 19.3 Å². The molecular formula is C21H16O20. The van der Waals surface area contributed by atoms with Gasteiger partial charge in [-0.25, -0.2) is 28.8 Å². The largest absolute Gasteiger partial charge is 0.480 e. The van der Waals surface area contributed by atoms with Crippen molar-refractivity contribution in [3.63, 3.8) is 0 Å². The molecule has 220 valence electrons. The van der Waals surface area contributed by atoms with Gasteiger partial charge in [0.15, 0.2) is 10.8 Å². The van der Waals surface area contributed by atoms with Crippen LogP contribution >= 0.6 is 0 Å². The van der Waals surface area contributed by atoms with E-state index in [1.54, 1.807) is 0 Å². The molecule has 0 radical (unpaired) electrons. The van der Waals surface area contributed by atoms with Gasteiger partial charge in [0.05, 0.1) is 33.4 Å². The van der Waals surface area contributed by atoms with Crippen molar-refractivity contribution in [2.45, 2.75) is 19.3 Å². The van der Waals surface area contributed by atoms with Crippen molar-refractivity contribution in [3.8, 4) is 0 Å². The molecule has 41 heavy (non-hydrogen) atoms. The highest BCUT2D eigenvalue weighted by Gasteiger charge is 2.73. The SMILES string of the molecule is O=C(O)C1(C(=O)O)CCCC1(C(=O)O)C(=O)O.O=C(O)c1c(C(=O)O)c(C(=O)O)c(C(=O)O)c(C(=O)O)c1C(=O)O. The predicted octanol–water partition coefficient (Wildman–Crippen LogP) is -0.643. The Morgan fingerprint density at radius 1 is 0.341 bits per heavy atom. The molecule has 1 aromatic rings. The maximum absolute atomic E-state index is 11.2. The number of hydrogen-bond donors (Lipinski definition) is 10. The molecular weight excluding hydrogens is 572 g/mol. The predicted molar refractivity (Wildman–Crippen MR) is 117 cm³/mol. The van der Waals surface area contributed by atoms with Crippen LogP contribution < -0.4 is 0 Å². The van der Waals surface area contributed by atoms with Crippen LogP contribution in [0.25, 0.3) is 0 Å². The van der Waals surface area contributed by atoms with Crippen molar-refractivity contribution in [3.05, 3.63) is 33.4 Å². The average molecular weight is 588 g/mol.